The molecule has 9 nitrogen and oxygen atoms in total. The fraction of sp³-hybridized carbons (Fsp3) is 0.0833. The molecule has 106 valence electrons. The molecular formula is C12H10N6O3. The fourth-order valence-electron chi connectivity index (χ4n) is 1.83. The van der Waals surface area contributed by atoms with Crippen molar-refractivity contribution in [1.82, 2.24) is 25.0 Å². The van der Waals surface area contributed by atoms with Gasteiger partial charge in [-0.3, -0.25) is 9.78 Å². The van der Waals surface area contributed by atoms with Crippen molar-refractivity contribution in [3.8, 4) is 5.69 Å². The number of esters is 1. The molecule has 0 amide bonds. The molecule has 0 saturated carbocycles. The highest BCUT2D eigenvalue weighted by Crippen LogP contribution is 2.11. The van der Waals surface area contributed by atoms with Gasteiger partial charge < -0.3 is 10.5 Å². The van der Waals surface area contributed by atoms with Crippen molar-refractivity contribution in [2.24, 2.45) is 0 Å². The van der Waals surface area contributed by atoms with E-state index in [9.17, 15) is 9.59 Å². The summed E-state index contributed by atoms with van der Waals surface area (Å²) in [6.07, 6.45) is 0. The van der Waals surface area contributed by atoms with E-state index in [-0.39, 0.29) is 17.1 Å². The molecule has 0 bridgehead atoms. The van der Waals surface area contributed by atoms with Gasteiger partial charge in [-0.25, -0.2) is 4.79 Å². The van der Waals surface area contributed by atoms with Gasteiger partial charge in [0, 0.05) is 0 Å². The Morgan fingerprint density at radius 3 is 2.95 bits per heavy atom. The molecule has 9 heteroatoms. The number of methoxy groups -OCH3 is 1. The minimum atomic E-state index is -0.479. The Hall–Kier alpha value is -3.23. The van der Waals surface area contributed by atoms with Crippen LogP contribution in [0.1, 0.15) is 10.4 Å². The molecule has 0 radical (unpaired) electrons. The summed E-state index contributed by atoms with van der Waals surface area (Å²) in [5.41, 5.74) is 6.00. The molecule has 1 aromatic carbocycles. The lowest BCUT2D eigenvalue weighted by Crippen LogP contribution is -2.11. The van der Waals surface area contributed by atoms with Crippen molar-refractivity contribution in [1.29, 1.82) is 0 Å². The van der Waals surface area contributed by atoms with Gasteiger partial charge in [-0.15, -0.1) is 15.0 Å². The van der Waals surface area contributed by atoms with Gasteiger partial charge in [0.05, 0.1) is 18.4 Å². The van der Waals surface area contributed by atoms with Crippen molar-refractivity contribution >= 4 is 23.1 Å². The summed E-state index contributed by atoms with van der Waals surface area (Å²) in [5.74, 6) is -0.517. The van der Waals surface area contributed by atoms with Crippen LogP contribution in [0.25, 0.3) is 16.9 Å². The number of anilines is 1. The minimum Gasteiger partial charge on any atom is -0.465 e. The monoisotopic (exact) mass is 286 g/mol. The van der Waals surface area contributed by atoms with Crippen molar-refractivity contribution in [2.75, 3.05) is 12.8 Å². The summed E-state index contributed by atoms with van der Waals surface area (Å²) in [6.45, 7) is 0. The van der Waals surface area contributed by atoms with Gasteiger partial charge in [-0.2, -0.15) is 4.98 Å². The number of aromatic amines is 1. The highest BCUT2D eigenvalue weighted by molar-refractivity contribution is 5.89. The Labute approximate surface area is 117 Å². The average molecular weight is 286 g/mol. The SMILES string of the molecule is COC(=O)c1cccc(-n2nc3nc(N)[nH]c(=O)c3n2)c1. The molecule has 0 aliphatic rings. The van der Waals surface area contributed by atoms with Gasteiger partial charge in [0.25, 0.3) is 5.56 Å². The number of ether oxygens (including phenoxy) is 1. The molecule has 0 fully saturated rings. The van der Waals surface area contributed by atoms with Crippen LogP contribution in [-0.2, 0) is 4.74 Å². The van der Waals surface area contributed by atoms with Crippen LogP contribution in [-0.4, -0.2) is 38.0 Å². The van der Waals surface area contributed by atoms with Crippen LogP contribution in [0.5, 0.6) is 0 Å². The molecular weight excluding hydrogens is 276 g/mol. The van der Waals surface area contributed by atoms with Crippen LogP contribution >= 0.6 is 0 Å². The van der Waals surface area contributed by atoms with Crippen LogP contribution < -0.4 is 11.3 Å². The highest BCUT2D eigenvalue weighted by atomic mass is 16.5. The minimum absolute atomic E-state index is 0.0390. The predicted octanol–water partition coefficient (Wildman–Crippen LogP) is -0.127. The second-order valence-corrected chi connectivity index (χ2v) is 4.15. The summed E-state index contributed by atoms with van der Waals surface area (Å²) in [6, 6.07) is 6.48. The maximum Gasteiger partial charge on any atom is 0.337 e. The Morgan fingerprint density at radius 2 is 2.19 bits per heavy atom. The topological polar surface area (TPSA) is 129 Å². The van der Waals surface area contributed by atoms with E-state index in [1.165, 1.54) is 11.9 Å². The summed E-state index contributed by atoms with van der Waals surface area (Å²) in [5, 5.41) is 8.11. The van der Waals surface area contributed by atoms with Gasteiger partial charge in [-0.1, -0.05) is 6.07 Å². The van der Waals surface area contributed by atoms with Gasteiger partial charge in [-0.05, 0) is 18.2 Å². The molecule has 2 aromatic heterocycles. The molecule has 0 saturated heterocycles. The van der Waals surface area contributed by atoms with Crippen LogP contribution in [0.15, 0.2) is 29.1 Å². The zero-order chi connectivity index (χ0) is 15.0. The molecule has 3 aromatic rings. The van der Waals surface area contributed by atoms with E-state index in [0.717, 1.165) is 0 Å². The third kappa shape index (κ3) is 2.20. The standard InChI is InChI=1S/C12H10N6O3/c1-21-11(20)6-3-2-4-7(5-6)18-16-8-9(17-18)14-12(13)15-10(8)19/h2-5H,1H3,(H3,13,14,15,17,19). The van der Waals surface area contributed by atoms with E-state index in [1.807, 2.05) is 0 Å². The number of benzene rings is 1. The van der Waals surface area contributed by atoms with Gasteiger partial charge >= 0.3 is 5.97 Å². The lowest BCUT2D eigenvalue weighted by molar-refractivity contribution is 0.0600. The van der Waals surface area contributed by atoms with E-state index >= 15 is 0 Å². The average Bonchev–Trinajstić information content (AvgIpc) is 2.91. The largest absolute Gasteiger partial charge is 0.465 e. The maximum absolute atomic E-state index is 11.7. The lowest BCUT2D eigenvalue weighted by Gasteiger charge is -2.02. The molecule has 3 N–H and O–H groups in total. The molecule has 0 unspecified atom stereocenters. The fourth-order valence-corrected chi connectivity index (χ4v) is 1.83. The Morgan fingerprint density at radius 1 is 1.38 bits per heavy atom. The Kier molecular flexibility index (Phi) is 2.87. The quantitative estimate of drug-likeness (QED) is 0.628. The number of H-pyrrole nitrogens is 1. The molecule has 0 spiro atoms. The number of nitrogens with zero attached hydrogens (tertiary/aromatic N) is 4. The smallest absolute Gasteiger partial charge is 0.337 e. The first-order valence-corrected chi connectivity index (χ1v) is 5.90. The number of nitrogens with one attached hydrogen (secondary N) is 1. The molecule has 2 heterocycles. The van der Waals surface area contributed by atoms with Crippen molar-refractivity contribution in [2.45, 2.75) is 0 Å². The summed E-state index contributed by atoms with van der Waals surface area (Å²) >= 11 is 0. The molecule has 0 aliphatic carbocycles. The van der Waals surface area contributed by atoms with E-state index in [0.29, 0.717) is 11.3 Å². The number of nitrogen functional groups attached to an aromatic ring is 1. The highest BCUT2D eigenvalue weighted by Gasteiger charge is 2.12. The number of carbonyl (C=O) groups excluding carboxylic acids is 1. The predicted molar refractivity (Wildman–Crippen MR) is 73.0 cm³/mol. The van der Waals surface area contributed by atoms with Crippen LogP contribution in [0.4, 0.5) is 5.95 Å². The zero-order valence-corrected chi connectivity index (χ0v) is 10.9. The number of hydrogen-bond donors (Lipinski definition) is 2. The second kappa shape index (κ2) is 4.71. The van der Waals surface area contributed by atoms with Gasteiger partial charge in [0.2, 0.25) is 11.6 Å². The van der Waals surface area contributed by atoms with Gasteiger partial charge in [0.15, 0.2) is 5.52 Å². The van der Waals surface area contributed by atoms with Crippen molar-refractivity contribution in [3.05, 3.63) is 40.2 Å². The molecule has 3 rings (SSSR count). The van der Waals surface area contributed by atoms with Crippen LogP contribution in [0, 0.1) is 0 Å². The summed E-state index contributed by atoms with van der Waals surface area (Å²) in [7, 11) is 1.29. The van der Waals surface area contributed by atoms with E-state index in [1.54, 1.807) is 24.3 Å². The zero-order valence-electron chi connectivity index (χ0n) is 10.9. The molecule has 0 atom stereocenters. The summed E-state index contributed by atoms with van der Waals surface area (Å²) < 4.78 is 4.65. The Balaban J connectivity index is 2.15. The molecule has 0 aliphatic heterocycles. The van der Waals surface area contributed by atoms with Crippen molar-refractivity contribution in [3.63, 3.8) is 0 Å². The number of carbonyl (C=O) groups is 1. The number of aromatic nitrogens is 5. The normalized spacial score (nSPS) is 10.7. The van der Waals surface area contributed by atoms with E-state index < -0.39 is 11.5 Å². The van der Waals surface area contributed by atoms with Crippen LogP contribution in [0.3, 0.4) is 0 Å². The lowest BCUT2D eigenvalue weighted by atomic mass is 10.2. The van der Waals surface area contributed by atoms with Gasteiger partial charge in [0.1, 0.15) is 0 Å². The van der Waals surface area contributed by atoms with E-state index in [2.05, 4.69) is 24.9 Å². The first-order chi connectivity index (χ1) is 10.1. The molecule has 21 heavy (non-hydrogen) atoms. The third-order valence-corrected chi connectivity index (χ3v) is 2.78. The first kappa shape index (κ1) is 12.8. The van der Waals surface area contributed by atoms with Crippen molar-refractivity contribution < 1.29 is 9.53 Å². The summed E-state index contributed by atoms with van der Waals surface area (Å²) in [4.78, 5) is 30.6. The second-order valence-electron chi connectivity index (χ2n) is 4.15. The Bertz CT molecular complexity index is 897. The van der Waals surface area contributed by atoms with Crippen LogP contribution in [0.2, 0.25) is 0 Å². The van der Waals surface area contributed by atoms with E-state index in [4.69, 9.17) is 5.73 Å². The number of nitrogens with two attached hydrogens (primary N) is 1. The number of rotatable bonds is 2. The number of fused-ring (bicyclic) bond motifs is 1. The number of hydrogen-bond acceptors (Lipinski definition) is 7. The maximum atomic E-state index is 11.7. The first-order valence-electron chi connectivity index (χ1n) is 5.90. The third-order valence-electron chi connectivity index (χ3n) is 2.78.